The lowest BCUT2D eigenvalue weighted by Gasteiger charge is -2.20. The number of halogens is 1. The molecule has 0 spiro atoms. The van der Waals surface area contributed by atoms with Crippen LogP contribution in [-0.4, -0.2) is 45.9 Å². The van der Waals surface area contributed by atoms with Gasteiger partial charge in [0.25, 0.3) is 5.91 Å². The third-order valence-electron chi connectivity index (χ3n) is 4.28. The van der Waals surface area contributed by atoms with Crippen LogP contribution in [0.3, 0.4) is 0 Å². The van der Waals surface area contributed by atoms with Crippen molar-refractivity contribution in [2.45, 2.75) is 32.4 Å². The largest absolute Gasteiger partial charge is 0.348 e. The maximum atomic E-state index is 13.3. The van der Waals surface area contributed by atoms with Crippen LogP contribution in [-0.2, 0) is 0 Å². The summed E-state index contributed by atoms with van der Waals surface area (Å²) >= 11 is 0. The lowest BCUT2D eigenvalue weighted by molar-refractivity contribution is 0.0936. The molecule has 126 valence electrons. The zero-order chi connectivity index (χ0) is 17.1. The van der Waals surface area contributed by atoms with Gasteiger partial charge < -0.3 is 5.32 Å². The third kappa shape index (κ3) is 3.76. The summed E-state index contributed by atoms with van der Waals surface area (Å²) in [6.07, 6.45) is 3.92. The van der Waals surface area contributed by atoms with E-state index in [2.05, 4.69) is 34.0 Å². The summed E-state index contributed by atoms with van der Waals surface area (Å²) in [5.41, 5.74) is 1.00. The molecular formula is C18H21FN4O. The van der Waals surface area contributed by atoms with Crippen molar-refractivity contribution >= 4 is 5.91 Å². The average Bonchev–Trinajstić information content (AvgIpc) is 3.04. The number of benzene rings is 1. The highest BCUT2D eigenvalue weighted by atomic mass is 19.1. The van der Waals surface area contributed by atoms with E-state index in [-0.39, 0.29) is 17.8 Å². The quantitative estimate of drug-likeness (QED) is 0.937. The predicted molar refractivity (Wildman–Crippen MR) is 90.0 cm³/mol. The molecule has 3 rings (SSSR count). The lowest BCUT2D eigenvalue weighted by atomic mass is 10.2. The van der Waals surface area contributed by atoms with Crippen molar-refractivity contribution in [3.63, 3.8) is 0 Å². The molecule has 1 unspecified atom stereocenters. The highest BCUT2D eigenvalue weighted by Crippen LogP contribution is 2.16. The van der Waals surface area contributed by atoms with Gasteiger partial charge in [0.05, 0.1) is 5.56 Å². The summed E-state index contributed by atoms with van der Waals surface area (Å²) < 4.78 is 13.3. The zero-order valence-electron chi connectivity index (χ0n) is 13.9. The summed E-state index contributed by atoms with van der Waals surface area (Å²) in [6.45, 7) is 6.18. The van der Waals surface area contributed by atoms with E-state index in [1.807, 2.05) is 0 Å². The minimum Gasteiger partial charge on any atom is -0.348 e. The van der Waals surface area contributed by atoms with Gasteiger partial charge in [-0.2, -0.15) is 0 Å². The molecule has 1 aromatic heterocycles. The number of amides is 1. The first-order chi connectivity index (χ1) is 11.5. The van der Waals surface area contributed by atoms with Gasteiger partial charge in [-0.25, -0.2) is 14.4 Å². The minimum atomic E-state index is -0.339. The van der Waals surface area contributed by atoms with E-state index in [0.717, 1.165) is 19.5 Å². The summed E-state index contributed by atoms with van der Waals surface area (Å²) in [5, 5.41) is 3.03. The molecule has 5 nitrogen and oxygen atoms in total. The Bertz CT molecular complexity index is 717. The highest BCUT2D eigenvalue weighted by molar-refractivity contribution is 5.93. The number of likely N-dealkylation sites (tertiary alicyclic amines) is 1. The normalized spacial score (nSPS) is 18.1. The zero-order valence-corrected chi connectivity index (χ0v) is 13.9. The lowest BCUT2D eigenvalue weighted by Crippen LogP contribution is -2.38. The van der Waals surface area contributed by atoms with Gasteiger partial charge in [0, 0.05) is 43.1 Å². The predicted octanol–water partition coefficient (Wildman–Crippen LogP) is 2.50. The van der Waals surface area contributed by atoms with Crippen molar-refractivity contribution in [1.82, 2.24) is 20.2 Å². The van der Waals surface area contributed by atoms with Crippen LogP contribution in [0.25, 0.3) is 11.4 Å². The molecule has 1 atom stereocenters. The number of carbonyl (C=O) groups is 1. The molecule has 0 saturated carbocycles. The Morgan fingerprint density at radius 2 is 2.08 bits per heavy atom. The Kier molecular flexibility index (Phi) is 4.85. The molecule has 1 fully saturated rings. The second-order valence-corrected chi connectivity index (χ2v) is 6.35. The first kappa shape index (κ1) is 16.5. The van der Waals surface area contributed by atoms with Crippen LogP contribution >= 0.6 is 0 Å². The Morgan fingerprint density at radius 3 is 2.71 bits per heavy atom. The van der Waals surface area contributed by atoms with Crippen LogP contribution in [0, 0.1) is 5.82 Å². The molecular weight excluding hydrogens is 307 g/mol. The molecule has 1 aromatic carbocycles. The van der Waals surface area contributed by atoms with E-state index in [4.69, 9.17) is 0 Å². The molecule has 6 heteroatoms. The maximum Gasteiger partial charge on any atom is 0.254 e. The van der Waals surface area contributed by atoms with E-state index >= 15 is 0 Å². The van der Waals surface area contributed by atoms with Crippen LogP contribution < -0.4 is 5.32 Å². The summed E-state index contributed by atoms with van der Waals surface area (Å²) in [6, 6.07) is 6.72. The minimum absolute atomic E-state index is 0.155. The topological polar surface area (TPSA) is 58.1 Å². The maximum absolute atomic E-state index is 13.3. The van der Waals surface area contributed by atoms with Crippen LogP contribution in [0.2, 0.25) is 0 Å². The Balaban J connectivity index is 1.64. The molecule has 1 aliphatic heterocycles. The number of hydrogen-bond acceptors (Lipinski definition) is 4. The van der Waals surface area contributed by atoms with Gasteiger partial charge in [-0.1, -0.05) is 12.1 Å². The second kappa shape index (κ2) is 7.05. The van der Waals surface area contributed by atoms with Crippen LogP contribution in [0.1, 0.15) is 30.6 Å². The molecule has 2 aromatic rings. The number of carbonyl (C=O) groups excluding carboxylic acids is 1. The first-order valence-electron chi connectivity index (χ1n) is 8.16. The van der Waals surface area contributed by atoms with E-state index in [9.17, 15) is 9.18 Å². The monoisotopic (exact) mass is 328 g/mol. The highest BCUT2D eigenvalue weighted by Gasteiger charge is 2.25. The molecule has 1 amide bonds. The first-order valence-corrected chi connectivity index (χ1v) is 8.16. The van der Waals surface area contributed by atoms with Gasteiger partial charge in [0.2, 0.25) is 0 Å². The van der Waals surface area contributed by atoms with E-state index < -0.39 is 0 Å². The Labute approximate surface area is 140 Å². The fourth-order valence-corrected chi connectivity index (χ4v) is 2.86. The van der Waals surface area contributed by atoms with Crippen molar-refractivity contribution in [2.75, 3.05) is 13.1 Å². The van der Waals surface area contributed by atoms with Gasteiger partial charge in [-0.05, 0) is 32.4 Å². The number of nitrogens with one attached hydrogen (secondary N) is 1. The van der Waals surface area contributed by atoms with Crippen molar-refractivity contribution < 1.29 is 9.18 Å². The Morgan fingerprint density at radius 1 is 1.33 bits per heavy atom. The molecule has 0 aliphatic carbocycles. The summed E-state index contributed by atoms with van der Waals surface area (Å²) in [5.74, 6) is -0.108. The molecule has 1 aliphatic rings. The third-order valence-corrected chi connectivity index (χ3v) is 4.28. The van der Waals surface area contributed by atoms with Crippen molar-refractivity contribution in [3.05, 3.63) is 48.0 Å². The van der Waals surface area contributed by atoms with E-state index in [1.54, 1.807) is 12.1 Å². The molecule has 0 bridgehead atoms. The van der Waals surface area contributed by atoms with E-state index in [1.165, 1.54) is 24.5 Å². The van der Waals surface area contributed by atoms with Crippen molar-refractivity contribution in [3.8, 4) is 11.4 Å². The molecule has 1 saturated heterocycles. The molecule has 1 N–H and O–H groups in total. The molecule has 2 heterocycles. The average molecular weight is 328 g/mol. The number of rotatable bonds is 4. The van der Waals surface area contributed by atoms with Gasteiger partial charge in [-0.3, -0.25) is 9.69 Å². The fraction of sp³-hybridized carbons (Fsp3) is 0.389. The van der Waals surface area contributed by atoms with Crippen LogP contribution in [0.15, 0.2) is 36.7 Å². The van der Waals surface area contributed by atoms with Gasteiger partial charge in [-0.15, -0.1) is 0 Å². The second-order valence-electron chi connectivity index (χ2n) is 6.35. The van der Waals surface area contributed by atoms with Gasteiger partial charge in [0.1, 0.15) is 5.82 Å². The SMILES string of the molecule is CC(C)N1CCC(NC(=O)c2cnc(-c3cccc(F)c3)nc2)C1. The Hall–Kier alpha value is -2.34. The van der Waals surface area contributed by atoms with Gasteiger partial charge >= 0.3 is 0 Å². The smallest absolute Gasteiger partial charge is 0.254 e. The summed E-state index contributed by atoms with van der Waals surface area (Å²) in [7, 11) is 0. The van der Waals surface area contributed by atoms with Crippen LogP contribution in [0.4, 0.5) is 4.39 Å². The molecule has 24 heavy (non-hydrogen) atoms. The van der Waals surface area contributed by atoms with Crippen molar-refractivity contribution in [2.24, 2.45) is 0 Å². The van der Waals surface area contributed by atoms with Gasteiger partial charge in [0.15, 0.2) is 5.82 Å². The fourth-order valence-electron chi connectivity index (χ4n) is 2.86. The van der Waals surface area contributed by atoms with Crippen molar-refractivity contribution in [1.29, 1.82) is 0 Å². The van der Waals surface area contributed by atoms with Crippen LogP contribution in [0.5, 0.6) is 0 Å². The summed E-state index contributed by atoms with van der Waals surface area (Å²) in [4.78, 5) is 23.0. The standard InChI is InChI=1S/C18H21FN4O/c1-12(2)23-7-6-16(11-23)22-18(24)14-9-20-17(21-10-14)13-4-3-5-15(19)8-13/h3-5,8-10,12,16H,6-7,11H2,1-2H3,(H,22,24). The molecule has 0 radical (unpaired) electrons. The number of aromatic nitrogens is 2. The van der Waals surface area contributed by atoms with E-state index in [0.29, 0.717) is 23.0 Å². The number of hydrogen-bond donors (Lipinski definition) is 1. The number of nitrogens with zero attached hydrogens (tertiary/aromatic N) is 3.